The van der Waals surface area contributed by atoms with Crippen molar-refractivity contribution >= 4 is 11.5 Å². The fourth-order valence-electron chi connectivity index (χ4n) is 2.08. The van der Waals surface area contributed by atoms with E-state index in [2.05, 4.69) is 24.1 Å². The summed E-state index contributed by atoms with van der Waals surface area (Å²) in [6.07, 6.45) is 0. The van der Waals surface area contributed by atoms with Crippen molar-refractivity contribution in [2.75, 3.05) is 11.9 Å². The summed E-state index contributed by atoms with van der Waals surface area (Å²) < 4.78 is 0. The van der Waals surface area contributed by atoms with E-state index < -0.39 is 4.92 Å². The maximum Gasteiger partial charge on any atom is 0.275 e. The summed E-state index contributed by atoms with van der Waals surface area (Å²) in [6.45, 7) is 6.85. The van der Waals surface area contributed by atoms with Crippen molar-refractivity contribution in [1.82, 2.24) is 4.98 Å². The molecule has 0 aliphatic rings. The number of hydrogen-bond acceptors (Lipinski definition) is 4. The van der Waals surface area contributed by atoms with Crippen molar-refractivity contribution in [2.24, 2.45) is 0 Å². The largest absolute Gasteiger partial charge is 0.370 e. The lowest BCUT2D eigenvalue weighted by atomic mass is 10.0. The van der Waals surface area contributed by atoms with Crippen LogP contribution in [0.25, 0.3) is 11.3 Å². The molecule has 1 aromatic carbocycles. The van der Waals surface area contributed by atoms with Crippen molar-refractivity contribution in [3.8, 4) is 11.3 Å². The first-order valence-electron chi connectivity index (χ1n) is 7.02. The third kappa shape index (κ3) is 3.56. The van der Waals surface area contributed by atoms with Gasteiger partial charge in [0.2, 0.25) is 0 Å². The van der Waals surface area contributed by atoms with Crippen LogP contribution in [0.3, 0.4) is 0 Å². The Balaban J connectivity index is 2.44. The lowest BCUT2D eigenvalue weighted by molar-refractivity contribution is -0.384. The van der Waals surface area contributed by atoms with Gasteiger partial charge in [0, 0.05) is 18.2 Å². The molecule has 1 N–H and O–H groups in total. The van der Waals surface area contributed by atoms with Gasteiger partial charge in [-0.25, -0.2) is 4.98 Å². The maximum absolute atomic E-state index is 11.0. The lowest BCUT2D eigenvalue weighted by Crippen LogP contribution is -2.01. The second-order valence-electron chi connectivity index (χ2n) is 5.16. The summed E-state index contributed by atoms with van der Waals surface area (Å²) in [4.78, 5) is 15.1. The van der Waals surface area contributed by atoms with Gasteiger partial charge in [0.1, 0.15) is 5.82 Å². The number of benzene rings is 1. The maximum atomic E-state index is 11.0. The molecule has 2 rings (SSSR count). The molecule has 0 unspecified atom stereocenters. The lowest BCUT2D eigenvalue weighted by Gasteiger charge is -2.08. The number of nitrogens with one attached hydrogen (secondary N) is 1. The first-order valence-corrected chi connectivity index (χ1v) is 7.02. The van der Waals surface area contributed by atoms with Crippen LogP contribution in [0.1, 0.15) is 32.3 Å². The molecule has 1 heterocycles. The fraction of sp³-hybridized carbons (Fsp3) is 0.312. The second-order valence-corrected chi connectivity index (χ2v) is 5.16. The summed E-state index contributed by atoms with van der Waals surface area (Å²) in [5.41, 5.74) is 2.76. The molecular formula is C16H19N3O2. The molecule has 0 fully saturated rings. The van der Waals surface area contributed by atoms with Crippen LogP contribution < -0.4 is 5.32 Å². The fourth-order valence-corrected chi connectivity index (χ4v) is 2.08. The van der Waals surface area contributed by atoms with Crippen molar-refractivity contribution in [2.45, 2.75) is 26.7 Å². The molecule has 0 radical (unpaired) electrons. The zero-order valence-electron chi connectivity index (χ0n) is 12.5. The van der Waals surface area contributed by atoms with Crippen LogP contribution in [-0.4, -0.2) is 16.5 Å². The van der Waals surface area contributed by atoms with Crippen LogP contribution in [0.2, 0.25) is 0 Å². The van der Waals surface area contributed by atoms with E-state index in [-0.39, 0.29) is 5.69 Å². The molecule has 0 aliphatic carbocycles. The standard InChI is InChI=1S/C16H19N3O2/c1-4-17-16-10-14(19(20)21)9-15(18-16)13-7-5-12(6-8-13)11(2)3/h5-11H,4H2,1-3H3,(H,17,18). The Morgan fingerprint density at radius 1 is 1.24 bits per heavy atom. The zero-order chi connectivity index (χ0) is 15.4. The molecule has 0 aliphatic heterocycles. The summed E-state index contributed by atoms with van der Waals surface area (Å²) in [5, 5.41) is 14.1. The third-order valence-electron chi connectivity index (χ3n) is 3.25. The monoisotopic (exact) mass is 285 g/mol. The van der Waals surface area contributed by atoms with E-state index >= 15 is 0 Å². The highest BCUT2D eigenvalue weighted by molar-refractivity contribution is 5.65. The van der Waals surface area contributed by atoms with Gasteiger partial charge >= 0.3 is 0 Å². The number of anilines is 1. The Bertz CT molecular complexity index is 636. The van der Waals surface area contributed by atoms with Crippen LogP contribution in [0, 0.1) is 10.1 Å². The third-order valence-corrected chi connectivity index (χ3v) is 3.25. The van der Waals surface area contributed by atoms with E-state index in [4.69, 9.17) is 0 Å². The molecule has 0 saturated heterocycles. The smallest absolute Gasteiger partial charge is 0.275 e. The minimum atomic E-state index is -0.394. The molecule has 5 nitrogen and oxygen atoms in total. The highest BCUT2D eigenvalue weighted by Crippen LogP contribution is 2.26. The van der Waals surface area contributed by atoms with Crippen LogP contribution in [-0.2, 0) is 0 Å². The summed E-state index contributed by atoms with van der Waals surface area (Å²) in [6, 6.07) is 10.9. The Morgan fingerprint density at radius 3 is 2.43 bits per heavy atom. The van der Waals surface area contributed by atoms with Gasteiger partial charge in [-0.3, -0.25) is 10.1 Å². The Labute approximate surface area is 124 Å². The minimum Gasteiger partial charge on any atom is -0.370 e. The van der Waals surface area contributed by atoms with Gasteiger partial charge in [-0.2, -0.15) is 0 Å². The molecule has 0 spiro atoms. The molecule has 0 saturated carbocycles. The molecule has 110 valence electrons. The number of pyridine rings is 1. The molecule has 0 amide bonds. The van der Waals surface area contributed by atoms with Gasteiger partial charge in [-0.15, -0.1) is 0 Å². The Morgan fingerprint density at radius 2 is 1.90 bits per heavy atom. The van der Waals surface area contributed by atoms with E-state index in [0.717, 1.165) is 5.56 Å². The number of aromatic nitrogens is 1. The van der Waals surface area contributed by atoms with Gasteiger partial charge in [0.25, 0.3) is 5.69 Å². The van der Waals surface area contributed by atoms with E-state index in [1.807, 2.05) is 31.2 Å². The quantitative estimate of drug-likeness (QED) is 0.660. The van der Waals surface area contributed by atoms with Crippen LogP contribution >= 0.6 is 0 Å². The molecular weight excluding hydrogens is 266 g/mol. The number of hydrogen-bond donors (Lipinski definition) is 1. The predicted octanol–water partition coefficient (Wildman–Crippen LogP) is 4.21. The van der Waals surface area contributed by atoms with E-state index in [0.29, 0.717) is 24.0 Å². The number of rotatable bonds is 5. The molecule has 0 atom stereocenters. The van der Waals surface area contributed by atoms with Crippen LogP contribution in [0.15, 0.2) is 36.4 Å². The molecule has 5 heteroatoms. The van der Waals surface area contributed by atoms with Crippen molar-refractivity contribution < 1.29 is 4.92 Å². The van der Waals surface area contributed by atoms with Crippen molar-refractivity contribution in [3.05, 3.63) is 52.1 Å². The van der Waals surface area contributed by atoms with Gasteiger partial charge in [0.15, 0.2) is 0 Å². The van der Waals surface area contributed by atoms with Crippen LogP contribution in [0.5, 0.6) is 0 Å². The highest BCUT2D eigenvalue weighted by Gasteiger charge is 2.12. The van der Waals surface area contributed by atoms with Gasteiger partial charge < -0.3 is 5.32 Å². The molecule has 1 aromatic heterocycles. The van der Waals surface area contributed by atoms with Crippen molar-refractivity contribution in [1.29, 1.82) is 0 Å². The summed E-state index contributed by atoms with van der Waals surface area (Å²) in [7, 11) is 0. The van der Waals surface area contributed by atoms with Crippen molar-refractivity contribution in [3.63, 3.8) is 0 Å². The average molecular weight is 285 g/mol. The first kappa shape index (κ1) is 15.0. The van der Waals surface area contributed by atoms with Crippen LogP contribution in [0.4, 0.5) is 11.5 Å². The zero-order valence-corrected chi connectivity index (χ0v) is 12.5. The molecule has 2 aromatic rings. The average Bonchev–Trinajstić information content (AvgIpc) is 2.47. The van der Waals surface area contributed by atoms with Gasteiger partial charge in [-0.1, -0.05) is 38.1 Å². The minimum absolute atomic E-state index is 0.0453. The van der Waals surface area contributed by atoms with E-state index in [1.165, 1.54) is 17.7 Å². The topological polar surface area (TPSA) is 68.1 Å². The Hall–Kier alpha value is -2.43. The highest BCUT2D eigenvalue weighted by atomic mass is 16.6. The van der Waals surface area contributed by atoms with Gasteiger partial charge in [-0.05, 0) is 18.4 Å². The second kappa shape index (κ2) is 6.35. The molecule has 21 heavy (non-hydrogen) atoms. The number of nitrogens with zero attached hydrogens (tertiary/aromatic N) is 2. The summed E-state index contributed by atoms with van der Waals surface area (Å²) in [5.74, 6) is 0.976. The predicted molar refractivity (Wildman–Crippen MR) is 84.6 cm³/mol. The first-order chi connectivity index (χ1) is 10.0. The SMILES string of the molecule is CCNc1cc([N+](=O)[O-])cc(-c2ccc(C(C)C)cc2)n1. The summed E-state index contributed by atoms with van der Waals surface area (Å²) >= 11 is 0. The van der Waals surface area contributed by atoms with Gasteiger partial charge in [0.05, 0.1) is 16.7 Å². The van der Waals surface area contributed by atoms with E-state index in [9.17, 15) is 10.1 Å². The Kier molecular flexibility index (Phi) is 4.52. The van der Waals surface area contributed by atoms with E-state index in [1.54, 1.807) is 0 Å². The molecule has 0 bridgehead atoms. The number of nitro groups is 1. The normalized spacial score (nSPS) is 10.7.